The number of nitrogens with one attached hydrogen (secondary N) is 2. The third-order valence-corrected chi connectivity index (χ3v) is 9.12. The van der Waals surface area contributed by atoms with Gasteiger partial charge in [0.2, 0.25) is 10.0 Å². The highest BCUT2D eigenvalue weighted by Gasteiger charge is 2.37. The summed E-state index contributed by atoms with van der Waals surface area (Å²) in [5.41, 5.74) is 2.57. The summed E-state index contributed by atoms with van der Waals surface area (Å²) in [6.45, 7) is 9.88. The molecule has 198 valence electrons. The number of likely N-dealkylation sites (tertiary alicyclic amines) is 1. The van der Waals surface area contributed by atoms with Crippen LogP contribution in [0.15, 0.2) is 42.5 Å². The molecule has 0 aliphatic carbocycles. The van der Waals surface area contributed by atoms with E-state index in [2.05, 4.69) is 23.9 Å². The molecule has 4 amide bonds. The van der Waals surface area contributed by atoms with Crippen molar-refractivity contribution < 1.29 is 22.8 Å². The lowest BCUT2D eigenvalue weighted by Crippen LogP contribution is -2.50. The molecule has 2 N–H and O–H groups in total. The van der Waals surface area contributed by atoms with Gasteiger partial charge in [0.15, 0.2) is 0 Å². The van der Waals surface area contributed by atoms with Gasteiger partial charge in [-0.2, -0.15) is 0 Å². The highest BCUT2D eigenvalue weighted by Crippen LogP contribution is 2.31. The maximum absolute atomic E-state index is 13.1. The third-order valence-electron chi connectivity index (χ3n) is 6.87. The Morgan fingerprint density at radius 1 is 0.946 bits per heavy atom. The maximum Gasteiger partial charge on any atom is 0.321 e. The van der Waals surface area contributed by atoms with Crippen LogP contribution in [0.2, 0.25) is 0 Å². The van der Waals surface area contributed by atoms with Crippen LogP contribution in [0.1, 0.15) is 79.7 Å². The molecule has 0 saturated carbocycles. The number of carbonyl (C=O) groups is 3. The fraction of sp³-hybridized carbons (Fsp3) is 0.444. The fourth-order valence-corrected chi connectivity index (χ4v) is 5.39. The molecule has 1 saturated heterocycles. The molecule has 4 rings (SSSR count). The van der Waals surface area contributed by atoms with E-state index in [0.29, 0.717) is 48.8 Å². The molecule has 0 atom stereocenters. The van der Waals surface area contributed by atoms with Crippen LogP contribution >= 0.6 is 0 Å². The number of anilines is 2. The number of benzene rings is 2. The predicted octanol–water partition coefficient (Wildman–Crippen LogP) is 4.32. The number of hydrogen-bond acceptors (Lipinski definition) is 5. The maximum atomic E-state index is 13.1. The van der Waals surface area contributed by atoms with Crippen LogP contribution in [0.5, 0.6) is 0 Å². The number of imide groups is 1. The van der Waals surface area contributed by atoms with Crippen molar-refractivity contribution in [3.05, 3.63) is 59.2 Å². The molecule has 0 bridgehead atoms. The summed E-state index contributed by atoms with van der Waals surface area (Å²) in [7, 11) is -3.46. The van der Waals surface area contributed by atoms with Crippen molar-refractivity contribution in [2.24, 2.45) is 0 Å². The molecule has 2 aromatic rings. The molecule has 2 aliphatic heterocycles. The number of nitrogens with zero attached hydrogens (tertiary/aromatic N) is 2. The standard InChI is InChI=1S/C27H34N4O5S/c1-17(2)18-6-9-21(10-7-18)31-24(32)22-11-8-20(16-23(22)25(31)33)28-26(34)30-14-12-19(13-15-30)29-37(35,36)27(3,4)5/h6-11,16-17,19,29H,12-15H2,1-5H3,(H,28,34). The highest BCUT2D eigenvalue weighted by molar-refractivity contribution is 7.90. The number of carbonyl (C=O) groups excluding carboxylic acids is 3. The molecule has 37 heavy (non-hydrogen) atoms. The van der Waals surface area contributed by atoms with Crippen molar-refractivity contribution in [2.45, 2.75) is 64.2 Å². The lowest BCUT2D eigenvalue weighted by atomic mass is 10.0. The second kappa shape index (κ2) is 9.90. The van der Waals surface area contributed by atoms with E-state index in [1.54, 1.807) is 49.9 Å². The average Bonchev–Trinajstić information content (AvgIpc) is 3.08. The molecule has 9 nitrogen and oxygen atoms in total. The van der Waals surface area contributed by atoms with E-state index in [-0.39, 0.29) is 17.6 Å². The third kappa shape index (κ3) is 5.40. The number of sulfonamides is 1. The zero-order valence-electron chi connectivity index (χ0n) is 21.9. The number of urea groups is 1. The first kappa shape index (κ1) is 26.8. The van der Waals surface area contributed by atoms with Crippen LogP contribution in [0, 0.1) is 0 Å². The van der Waals surface area contributed by atoms with Crippen molar-refractivity contribution in [3.8, 4) is 0 Å². The summed E-state index contributed by atoms with van der Waals surface area (Å²) in [6, 6.07) is 11.5. The number of fused-ring (bicyclic) bond motifs is 1. The quantitative estimate of drug-likeness (QED) is 0.563. The molecule has 2 aliphatic rings. The summed E-state index contributed by atoms with van der Waals surface area (Å²) in [5, 5.41) is 2.80. The van der Waals surface area contributed by atoms with E-state index in [1.165, 1.54) is 6.07 Å². The Bertz CT molecular complexity index is 1320. The SMILES string of the molecule is CC(C)c1ccc(N2C(=O)c3ccc(NC(=O)N4CCC(NS(=O)(=O)C(C)(C)C)CC4)cc3C2=O)cc1. The van der Waals surface area contributed by atoms with Gasteiger partial charge < -0.3 is 10.2 Å². The van der Waals surface area contributed by atoms with Gasteiger partial charge in [-0.15, -0.1) is 0 Å². The Balaban J connectivity index is 1.40. The molecule has 2 heterocycles. The first-order valence-corrected chi connectivity index (χ1v) is 14.0. The van der Waals surface area contributed by atoms with Crippen molar-refractivity contribution >= 4 is 39.2 Å². The molecule has 0 spiro atoms. The van der Waals surface area contributed by atoms with Gasteiger partial charge >= 0.3 is 6.03 Å². The summed E-state index contributed by atoms with van der Waals surface area (Å²) >= 11 is 0. The Kier molecular flexibility index (Phi) is 7.18. The van der Waals surface area contributed by atoms with Gasteiger partial charge in [0.05, 0.1) is 21.6 Å². The monoisotopic (exact) mass is 526 g/mol. The second-order valence-corrected chi connectivity index (χ2v) is 13.3. The zero-order valence-corrected chi connectivity index (χ0v) is 22.7. The van der Waals surface area contributed by atoms with Gasteiger partial charge in [-0.25, -0.2) is 22.8 Å². The minimum Gasteiger partial charge on any atom is -0.324 e. The number of hydrogen-bond donors (Lipinski definition) is 2. The van der Waals surface area contributed by atoms with Crippen LogP contribution in [-0.2, 0) is 10.0 Å². The van der Waals surface area contributed by atoms with E-state index >= 15 is 0 Å². The van der Waals surface area contributed by atoms with Crippen molar-refractivity contribution in [3.63, 3.8) is 0 Å². The first-order chi connectivity index (χ1) is 17.3. The Hall–Kier alpha value is -3.24. The van der Waals surface area contributed by atoms with E-state index in [9.17, 15) is 22.8 Å². The van der Waals surface area contributed by atoms with E-state index in [1.807, 2.05) is 12.1 Å². The molecule has 10 heteroatoms. The normalized spacial score (nSPS) is 16.9. The lowest BCUT2D eigenvalue weighted by Gasteiger charge is -2.33. The topological polar surface area (TPSA) is 116 Å². The van der Waals surface area contributed by atoms with Gasteiger partial charge in [-0.3, -0.25) is 9.59 Å². The summed E-state index contributed by atoms with van der Waals surface area (Å²) in [5.74, 6) is -0.490. The van der Waals surface area contributed by atoms with Crippen LogP contribution in [0.3, 0.4) is 0 Å². The smallest absolute Gasteiger partial charge is 0.321 e. The minimum absolute atomic E-state index is 0.225. The summed E-state index contributed by atoms with van der Waals surface area (Å²) < 4.78 is 26.7. The predicted molar refractivity (Wildman–Crippen MR) is 144 cm³/mol. The highest BCUT2D eigenvalue weighted by atomic mass is 32.2. The van der Waals surface area contributed by atoms with Gasteiger partial charge in [0.25, 0.3) is 11.8 Å². The first-order valence-electron chi connectivity index (χ1n) is 12.5. The second-order valence-electron chi connectivity index (χ2n) is 10.9. The Labute approximate surface area is 218 Å². The number of piperidine rings is 1. The molecule has 0 unspecified atom stereocenters. The summed E-state index contributed by atoms with van der Waals surface area (Å²) in [6.07, 6.45) is 1.01. The minimum atomic E-state index is -3.46. The van der Waals surface area contributed by atoms with Gasteiger partial charge in [0, 0.05) is 24.8 Å². The Morgan fingerprint density at radius 3 is 2.11 bits per heavy atom. The van der Waals surface area contributed by atoms with Crippen LogP contribution in [0.25, 0.3) is 0 Å². The molecule has 0 aromatic heterocycles. The van der Waals surface area contributed by atoms with Crippen LogP contribution in [-0.4, -0.2) is 55.0 Å². The number of amides is 4. The fourth-order valence-electron chi connectivity index (χ4n) is 4.36. The lowest BCUT2D eigenvalue weighted by molar-refractivity contribution is 0.0926. The van der Waals surface area contributed by atoms with E-state index in [4.69, 9.17) is 0 Å². The van der Waals surface area contributed by atoms with Gasteiger partial charge in [-0.05, 0) is 75.4 Å². The summed E-state index contributed by atoms with van der Waals surface area (Å²) in [4.78, 5) is 41.7. The van der Waals surface area contributed by atoms with Crippen molar-refractivity contribution in [2.75, 3.05) is 23.3 Å². The zero-order chi connectivity index (χ0) is 27.1. The van der Waals surface area contributed by atoms with Gasteiger partial charge in [-0.1, -0.05) is 26.0 Å². The van der Waals surface area contributed by atoms with Crippen LogP contribution in [0.4, 0.5) is 16.2 Å². The van der Waals surface area contributed by atoms with Crippen molar-refractivity contribution in [1.29, 1.82) is 0 Å². The molecule has 1 fully saturated rings. The molecular formula is C27H34N4O5S. The largest absolute Gasteiger partial charge is 0.324 e. The van der Waals surface area contributed by atoms with Crippen molar-refractivity contribution in [1.82, 2.24) is 9.62 Å². The average molecular weight is 527 g/mol. The van der Waals surface area contributed by atoms with E-state index < -0.39 is 26.6 Å². The Morgan fingerprint density at radius 2 is 1.54 bits per heavy atom. The molecule has 0 radical (unpaired) electrons. The molecular weight excluding hydrogens is 492 g/mol. The number of rotatable bonds is 5. The molecule has 2 aromatic carbocycles. The van der Waals surface area contributed by atoms with Crippen LogP contribution < -0.4 is 14.9 Å². The van der Waals surface area contributed by atoms with E-state index in [0.717, 1.165) is 10.5 Å². The van der Waals surface area contributed by atoms with Gasteiger partial charge in [0.1, 0.15) is 0 Å².